The molecule has 0 aliphatic carbocycles. The summed E-state index contributed by atoms with van der Waals surface area (Å²) in [5.41, 5.74) is 13.2. The Hall–Kier alpha value is -1.60. The van der Waals surface area contributed by atoms with Crippen LogP contribution in [0, 0.1) is 13.8 Å². The van der Waals surface area contributed by atoms with E-state index in [2.05, 4.69) is 5.10 Å². The van der Waals surface area contributed by atoms with Crippen LogP contribution in [0.3, 0.4) is 0 Å². The molecule has 1 heterocycles. The van der Waals surface area contributed by atoms with E-state index in [1.54, 1.807) is 9.58 Å². The third-order valence-electron chi connectivity index (χ3n) is 3.12. The van der Waals surface area contributed by atoms with Gasteiger partial charge in [-0.15, -0.1) is 0 Å². The van der Waals surface area contributed by atoms with Crippen LogP contribution in [0.2, 0.25) is 0 Å². The molecule has 7 nitrogen and oxygen atoms in total. The van der Waals surface area contributed by atoms with Crippen molar-refractivity contribution in [3.63, 3.8) is 0 Å². The number of carbonyl (C=O) groups excluding carboxylic acids is 1. The van der Waals surface area contributed by atoms with Gasteiger partial charge in [-0.2, -0.15) is 5.10 Å². The highest BCUT2D eigenvalue weighted by Crippen LogP contribution is 2.15. The number of amides is 1. The van der Waals surface area contributed by atoms with Gasteiger partial charge in [-0.25, -0.2) is 0 Å². The fourth-order valence-corrected chi connectivity index (χ4v) is 1.97. The summed E-state index contributed by atoms with van der Waals surface area (Å²) in [6.45, 7) is 7.12. The lowest BCUT2D eigenvalue weighted by Gasteiger charge is -2.22. The van der Waals surface area contributed by atoms with Crippen LogP contribution >= 0.6 is 0 Å². The Kier molecular flexibility index (Phi) is 5.31. The van der Waals surface area contributed by atoms with Crippen LogP contribution in [-0.2, 0) is 11.3 Å². The maximum atomic E-state index is 10.9. The van der Waals surface area contributed by atoms with E-state index in [1.165, 1.54) is 0 Å². The van der Waals surface area contributed by atoms with E-state index in [0.29, 0.717) is 25.3 Å². The van der Waals surface area contributed by atoms with Crippen LogP contribution in [-0.4, -0.2) is 51.4 Å². The molecule has 108 valence electrons. The van der Waals surface area contributed by atoms with Gasteiger partial charge in [-0.05, 0) is 20.4 Å². The fourth-order valence-electron chi connectivity index (χ4n) is 1.97. The predicted molar refractivity (Wildman–Crippen MR) is 73.4 cm³/mol. The van der Waals surface area contributed by atoms with Crippen molar-refractivity contribution in [3.8, 4) is 0 Å². The van der Waals surface area contributed by atoms with Crippen molar-refractivity contribution < 1.29 is 9.90 Å². The number of rotatable bonds is 7. The van der Waals surface area contributed by atoms with Gasteiger partial charge in [0.15, 0.2) is 0 Å². The van der Waals surface area contributed by atoms with Gasteiger partial charge in [0, 0.05) is 6.54 Å². The van der Waals surface area contributed by atoms with Crippen molar-refractivity contribution in [3.05, 3.63) is 11.4 Å². The van der Waals surface area contributed by atoms with Crippen LogP contribution in [0.1, 0.15) is 18.3 Å². The van der Waals surface area contributed by atoms with E-state index in [4.69, 9.17) is 11.5 Å². The quantitative estimate of drug-likeness (QED) is 0.603. The van der Waals surface area contributed by atoms with Crippen LogP contribution in [0.15, 0.2) is 0 Å². The third-order valence-corrected chi connectivity index (χ3v) is 3.12. The summed E-state index contributed by atoms with van der Waals surface area (Å²) in [7, 11) is 0. The standard InChI is InChI=1S/C12H23N5O2/c1-4-16(7-11(13)19)5-10(18)6-17-9(3)12(14)8(2)15-17/h10,18H,4-7,14H2,1-3H3,(H2,13,19). The topological polar surface area (TPSA) is 110 Å². The molecular weight excluding hydrogens is 246 g/mol. The van der Waals surface area contributed by atoms with Crippen LogP contribution in [0.5, 0.6) is 0 Å². The number of hydrogen-bond donors (Lipinski definition) is 3. The minimum absolute atomic E-state index is 0.146. The predicted octanol–water partition coefficient (Wildman–Crippen LogP) is -0.750. The molecule has 0 radical (unpaired) electrons. The molecule has 0 fully saturated rings. The van der Waals surface area contributed by atoms with Gasteiger partial charge in [0.25, 0.3) is 0 Å². The number of likely N-dealkylation sites (N-methyl/N-ethyl adjacent to an activating group) is 1. The van der Waals surface area contributed by atoms with Gasteiger partial charge in [-0.3, -0.25) is 14.4 Å². The first-order valence-electron chi connectivity index (χ1n) is 6.33. The van der Waals surface area contributed by atoms with E-state index in [-0.39, 0.29) is 6.54 Å². The maximum Gasteiger partial charge on any atom is 0.231 e. The van der Waals surface area contributed by atoms with Crippen LogP contribution in [0.4, 0.5) is 5.69 Å². The number of carbonyl (C=O) groups is 1. The highest BCUT2D eigenvalue weighted by atomic mass is 16.3. The minimum Gasteiger partial charge on any atom is -0.396 e. The molecule has 5 N–H and O–H groups in total. The highest BCUT2D eigenvalue weighted by Gasteiger charge is 2.15. The molecule has 19 heavy (non-hydrogen) atoms. The molecule has 0 saturated heterocycles. The summed E-state index contributed by atoms with van der Waals surface area (Å²) in [4.78, 5) is 12.7. The van der Waals surface area contributed by atoms with Crippen molar-refractivity contribution in [2.24, 2.45) is 5.73 Å². The minimum atomic E-state index is -0.628. The largest absolute Gasteiger partial charge is 0.396 e. The van der Waals surface area contributed by atoms with Gasteiger partial charge >= 0.3 is 0 Å². The Bertz CT molecular complexity index is 444. The van der Waals surface area contributed by atoms with Gasteiger partial charge in [0.05, 0.1) is 36.3 Å². The number of nitrogens with zero attached hydrogens (tertiary/aromatic N) is 3. The lowest BCUT2D eigenvalue weighted by molar-refractivity contribution is -0.119. The molecule has 0 aliphatic rings. The first-order chi connectivity index (χ1) is 8.85. The summed E-state index contributed by atoms with van der Waals surface area (Å²) in [5.74, 6) is -0.399. The summed E-state index contributed by atoms with van der Waals surface area (Å²) >= 11 is 0. The Morgan fingerprint density at radius 1 is 1.53 bits per heavy atom. The molecule has 7 heteroatoms. The van der Waals surface area contributed by atoms with Gasteiger partial charge in [0.1, 0.15) is 0 Å². The summed E-state index contributed by atoms with van der Waals surface area (Å²) in [5, 5.41) is 14.3. The molecule has 1 amide bonds. The second-order valence-corrected chi connectivity index (χ2v) is 4.71. The fraction of sp³-hybridized carbons (Fsp3) is 0.667. The van der Waals surface area contributed by atoms with E-state index < -0.39 is 12.0 Å². The molecule has 0 aliphatic heterocycles. The smallest absolute Gasteiger partial charge is 0.231 e. The molecule has 1 aromatic rings. The SMILES string of the molecule is CCN(CC(N)=O)CC(O)Cn1nc(C)c(N)c1C. The third kappa shape index (κ3) is 4.22. The number of aliphatic hydroxyl groups excluding tert-OH is 1. The van der Waals surface area contributed by atoms with Crippen molar-refractivity contribution in [1.82, 2.24) is 14.7 Å². The Labute approximate surface area is 113 Å². The molecule has 0 spiro atoms. The summed E-state index contributed by atoms with van der Waals surface area (Å²) < 4.78 is 1.69. The normalized spacial score (nSPS) is 12.9. The maximum absolute atomic E-state index is 10.9. The number of anilines is 1. The lowest BCUT2D eigenvalue weighted by Crippen LogP contribution is -2.40. The summed E-state index contributed by atoms with van der Waals surface area (Å²) in [6.07, 6.45) is -0.628. The molecule has 0 bridgehead atoms. The molecular formula is C12H23N5O2. The van der Waals surface area contributed by atoms with E-state index in [9.17, 15) is 9.90 Å². The summed E-state index contributed by atoms with van der Waals surface area (Å²) in [6, 6.07) is 0. The average molecular weight is 269 g/mol. The molecule has 0 aromatic carbocycles. The molecule has 1 atom stereocenters. The number of primary amides is 1. The van der Waals surface area contributed by atoms with Crippen LogP contribution < -0.4 is 11.5 Å². The van der Waals surface area contributed by atoms with Crippen molar-refractivity contribution >= 4 is 11.6 Å². The number of hydrogen-bond acceptors (Lipinski definition) is 5. The number of aliphatic hydroxyl groups is 1. The first-order valence-corrected chi connectivity index (χ1v) is 6.33. The van der Waals surface area contributed by atoms with Crippen molar-refractivity contribution in [2.45, 2.75) is 33.4 Å². The highest BCUT2D eigenvalue weighted by molar-refractivity contribution is 5.75. The lowest BCUT2D eigenvalue weighted by atomic mass is 10.3. The van der Waals surface area contributed by atoms with E-state index in [0.717, 1.165) is 11.4 Å². The Balaban J connectivity index is 2.61. The first kappa shape index (κ1) is 15.5. The van der Waals surface area contributed by atoms with E-state index >= 15 is 0 Å². The number of nitrogen functional groups attached to an aromatic ring is 1. The van der Waals surface area contributed by atoms with Gasteiger partial charge in [0.2, 0.25) is 5.91 Å². The molecule has 0 saturated carbocycles. The Morgan fingerprint density at radius 3 is 2.58 bits per heavy atom. The van der Waals surface area contributed by atoms with Crippen molar-refractivity contribution in [1.29, 1.82) is 0 Å². The second kappa shape index (κ2) is 6.53. The zero-order valence-electron chi connectivity index (χ0n) is 11.8. The average Bonchev–Trinajstić information content (AvgIpc) is 2.55. The number of aromatic nitrogens is 2. The van der Waals surface area contributed by atoms with Crippen molar-refractivity contribution in [2.75, 3.05) is 25.4 Å². The van der Waals surface area contributed by atoms with Gasteiger partial charge < -0.3 is 16.6 Å². The van der Waals surface area contributed by atoms with Crippen LogP contribution in [0.25, 0.3) is 0 Å². The monoisotopic (exact) mass is 269 g/mol. The molecule has 1 unspecified atom stereocenters. The van der Waals surface area contributed by atoms with Gasteiger partial charge in [-0.1, -0.05) is 6.92 Å². The zero-order valence-corrected chi connectivity index (χ0v) is 11.8. The second-order valence-electron chi connectivity index (χ2n) is 4.71. The molecule has 1 aromatic heterocycles. The van der Waals surface area contributed by atoms with E-state index in [1.807, 2.05) is 20.8 Å². The molecule has 1 rings (SSSR count). The number of aryl methyl sites for hydroxylation is 1. The number of nitrogens with two attached hydrogens (primary N) is 2. The Morgan fingerprint density at radius 2 is 2.16 bits per heavy atom. The zero-order chi connectivity index (χ0) is 14.6.